The molecule has 0 aromatic heterocycles. The summed E-state index contributed by atoms with van der Waals surface area (Å²) in [5, 5.41) is 3.16. The summed E-state index contributed by atoms with van der Waals surface area (Å²) in [5.74, 6) is 1.22. The smallest absolute Gasteiger partial charge is 0.220 e. The summed E-state index contributed by atoms with van der Waals surface area (Å²) < 4.78 is 0. The van der Waals surface area contributed by atoms with Crippen molar-refractivity contribution in [1.82, 2.24) is 10.2 Å². The summed E-state index contributed by atoms with van der Waals surface area (Å²) >= 11 is 0. The van der Waals surface area contributed by atoms with Gasteiger partial charge in [-0.3, -0.25) is 4.79 Å². The molecule has 0 aromatic rings. The van der Waals surface area contributed by atoms with Crippen molar-refractivity contribution in [1.29, 1.82) is 0 Å². The Morgan fingerprint density at radius 1 is 1.50 bits per heavy atom. The standard InChI is InChI=1S/C16H33N3O/c1-5-14(11-17)9-15(20)18-12-16(19(3)4)8-6-7-13(2)10-16/h13-14H,5-12,17H2,1-4H3,(H,18,20). The molecule has 4 nitrogen and oxygen atoms in total. The van der Waals surface area contributed by atoms with Gasteiger partial charge >= 0.3 is 0 Å². The van der Waals surface area contributed by atoms with Crippen molar-refractivity contribution in [3.8, 4) is 0 Å². The lowest BCUT2D eigenvalue weighted by atomic mass is 9.75. The quantitative estimate of drug-likeness (QED) is 0.751. The third-order valence-electron chi connectivity index (χ3n) is 5.02. The van der Waals surface area contributed by atoms with Crippen LogP contribution in [0.4, 0.5) is 0 Å². The zero-order valence-electron chi connectivity index (χ0n) is 13.7. The highest BCUT2D eigenvalue weighted by atomic mass is 16.1. The normalized spacial score (nSPS) is 28.4. The molecule has 118 valence electrons. The highest BCUT2D eigenvalue weighted by Gasteiger charge is 2.37. The van der Waals surface area contributed by atoms with Crippen LogP contribution in [0.5, 0.6) is 0 Å². The first-order chi connectivity index (χ1) is 9.43. The van der Waals surface area contributed by atoms with Crippen LogP contribution in [0.3, 0.4) is 0 Å². The molecule has 0 aliphatic heterocycles. The molecule has 20 heavy (non-hydrogen) atoms. The molecule has 0 aromatic carbocycles. The van der Waals surface area contributed by atoms with Gasteiger partial charge in [-0.05, 0) is 45.3 Å². The van der Waals surface area contributed by atoms with Crippen LogP contribution >= 0.6 is 0 Å². The molecule has 1 fully saturated rings. The summed E-state index contributed by atoms with van der Waals surface area (Å²) in [7, 11) is 4.28. The summed E-state index contributed by atoms with van der Waals surface area (Å²) in [6.07, 6.45) is 6.46. The molecule has 1 saturated carbocycles. The van der Waals surface area contributed by atoms with Crippen LogP contribution in [-0.4, -0.2) is 43.5 Å². The van der Waals surface area contributed by atoms with Crippen molar-refractivity contribution in [2.45, 2.75) is 57.9 Å². The van der Waals surface area contributed by atoms with E-state index in [9.17, 15) is 4.79 Å². The zero-order chi connectivity index (χ0) is 15.2. The number of carbonyl (C=O) groups excluding carboxylic acids is 1. The van der Waals surface area contributed by atoms with E-state index in [1.807, 2.05) is 0 Å². The van der Waals surface area contributed by atoms with Gasteiger partial charge in [-0.1, -0.05) is 33.1 Å². The van der Waals surface area contributed by atoms with Crippen molar-refractivity contribution < 1.29 is 4.79 Å². The Bertz CT molecular complexity index is 302. The third-order valence-corrected chi connectivity index (χ3v) is 5.02. The second-order valence-electron chi connectivity index (χ2n) is 6.81. The van der Waals surface area contributed by atoms with Crippen LogP contribution in [0.15, 0.2) is 0 Å². The van der Waals surface area contributed by atoms with Crippen molar-refractivity contribution in [2.24, 2.45) is 17.6 Å². The Hall–Kier alpha value is -0.610. The van der Waals surface area contributed by atoms with E-state index in [2.05, 4.69) is 38.2 Å². The molecule has 0 bridgehead atoms. The lowest BCUT2D eigenvalue weighted by Crippen LogP contribution is -2.55. The molecule has 1 rings (SSSR count). The van der Waals surface area contributed by atoms with Gasteiger partial charge in [-0.15, -0.1) is 0 Å². The number of rotatable bonds is 7. The first kappa shape index (κ1) is 17.4. The van der Waals surface area contributed by atoms with Gasteiger partial charge in [0.05, 0.1) is 0 Å². The van der Waals surface area contributed by atoms with Crippen LogP contribution in [0.25, 0.3) is 0 Å². The number of nitrogens with one attached hydrogen (secondary N) is 1. The average molecular weight is 283 g/mol. The van der Waals surface area contributed by atoms with Crippen molar-refractivity contribution in [3.63, 3.8) is 0 Å². The molecule has 0 heterocycles. The number of nitrogens with two attached hydrogens (primary N) is 1. The maximum atomic E-state index is 12.1. The number of hydrogen-bond acceptors (Lipinski definition) is 3. The van der Waals surface area contributed by atoms with Crippen LogP contribution in [0, 0.1) is 11.8 Å². The Balaban J connectivity index is 2.53. The molecule has 0 saturated heterocycles. The molecule has 1 amide bonds. The zero-order valence-corrected chi connectivity index (χ0v) is 13.7. The lowest BCUT2D eigenvalue weighted by molar-refractivity contribution is -0.122. The average Bonchev–Trinajstić information content (AvgIpc) is 2.42. The minimum absolute atomic E-state index is 0.137. The van der Waals surface area contributed by atoms with E-state index in [0.717, 1.165) is 18.9 Å². The SMILES string of the molecule is CCC(CN)CC(=O)NCC1(N(C)C)CCCC(C)C1. The topological polar surface area (TPSA) is 58.4 Å². The number of nitrogens with zero attached hydrogens (tertiary/aromatic N) is 1. The van der Waals surface area contributed by atoms with E-state index in [1.165, 1.54) is 25.7 Å². The van der Waals surface area contributed by atoms with Crippen LogP contribution in [0.2, 0.25) is 0 Å². The molecule has 4 heteroatoms. The van der Waals surface area contributed by atoms with E-state index < -0.39 is 0 Å². The van der Waals surface area contributed by atoms with Crippen molar-refractivity contribution >= 4 is 5.91 Å². The van der Waals surface area contributed by atoms with Gasteiger partial charge in [0.2, 0.25) is 5.91 Å². The fourth-order valence-corrected chi connectivity index (χ4v) is 3.35. The van der Waals surface area contributed by atoms with Gasteiger partial charge in [-0.2, -0.15) is 0 Å². The van der Waals surface area contributed by atoms with E-state index in [1.54, 1.807) is 0 Å². The molecule has 0 spiro atoms. The molecule has 3 unspecified atom stereocenters. The minimum Gasteiger partial charge on any atom is -0.354 e. The summed E-state index contributed by atoms with van der Waals surface area (Å²) in [6.45, 7) is 5.78. The Morgan fingerprint density at radius 2 is 2.20 bits per heavy atom. The van der Waals surface area contributed by atoms with Crippen molar-refractivity contribution in [2.75, 3.05) is 27.2 Å². The molecule has 0 radical (unpaired) electrons. The maximum Gasteiger partial charge on any atom is 0.220 e. The molecule has 1 aliphatic carbocycles. The Morgan fingerprint density at radius 3 is 2.70 bits per heavy atom. The van der Waals surface area contributed by atoms with Gasteiger partial charge in [0.1, 0.15) is 0 Å². The van der Waals surface area contributed by atoms with Gasteiger partial charge in [0.15, 0.2) is 0 Å². The Kier molecular flexibility index (Phi) is 6.96. The predicted molar refractivity (Wildman–Crippen MR) is 84.5 cm³/mol. The number of amides is 1. The van der Waals surface area contributed by atoms with E-state index in [0.29, 0.717) is 18.9 Å². The number of carbonyl (C=O) groups is 1. The van der Waals surface area contributed by atoms with E-state index in [-0.39, 0.29) is 11.4 Å². The first-order valence-electron chi connectivity index (χ1n) is 8.07. The van der Waals surface area contributed by atoms with E-state index in [4.69, 9.17) is 5.73 Å². The fourth-order valence-electron chi connectivity index (χ4n) is 3.35. The van der Waals surface area contributed by atoms with Crippen LogP contribution in [0.1, 0.15) is 52.4 Å². The predicted octanol–water partition coefficient (Wildman–Crippen LogP) is 1.99. The third kappa shape index (κ3) is 4.74. The fraction of sp³-hybridized carbons (Fsp3) is 0.938. The molecular weight excluding hydrogens is 250 g/mol. The van der Waals surface area contributed by atoms with E-state index >= 15 is 0 Å². The van der Waals surface area contributed by atoms with Gasteiger partial charge < -0.3 is 16.0 Å². The highest BCUT2D eigenvalue weighted by Crippen LogP contribution is 2.35. The second kappa shape index (κ2) is 7.99. The van der Waals surface area contributed by atoms with Crippen molar-refractivity contribution in [3.05, 3.63) is 0 Å². The number of likely N-dealkylation sites (N-methyl/N-ethyl adjacent to an activating group) is 1. The minimum atomic E-state index is 0.137. The van der Waals surface area contributed by atoms with Gasteiger partial charge in [0.25, 0.3) is 0 Å². The monoisotopic (exact) mass is 283 g/mol. The lowest BCUT2D eigenvalue weighted by Gasteiger charge is -2.45. The maximum absolute atomic E-state index is 12.1. The molecular formula is C16H33N3O. The van der Waals surface area contributed by atoms with Gasteiger partial charge in [0, 0.05) is 18.5 Å². The largest absolute Gasteiger partial charge is 0.354 e. The van der Waals surface area contributed by atoms with Crippen LogP contribution in [-0.2, 0) is 4.79 Å². The summed E-state index contributed by atoms with van der Waals surface area (Å²) in [4.78, 5) is 14.4. The highest BCUT2D eigenvalue weighted by molar-refractivity contribution is 5.76. The van der Waals surface area contributed by atoms with Crippen LogP contribution < -0.4 is 11.1 Å². The van der Waals surface area contributed by atoms with Gasteiger partial charge in [-0.25, -0.2) is 0 Å². The summed E-state index contributed by atoms with van der Waals surface area (Å²) in [6, 6.07) is 0. The number of hydrogen-bond donors (Lipinski definition) is 2. The molecule has 1 aliphatic rings. The Labute approximate surface area is 124 Å². The first-order valence-corrected chi connectivity index (χ1v) is 8.07. The summed E-state index contributed by atoms with van der Waals surface area (Å²) in [5.41, 5.74) is 5.81. The molecule has 3 atom stereocenters. The molecule has 3 N–H and O–H groups in total. The second-order valence-corrected chi connectivity index (χ2v) is 6.81.